The van der Waals surface area contributed by atoms with Gasteiger partial charge in [0, 0.05) is 19.5 Å². The maximum absolute atomic E-state index is 12.3. The van der Waals surface area contributed by atoms with Gasteiger partial charge in [0.05, 0.1) is 0 Å². The smallest absolute Gasteiger partial charge is 0.167 e. The van der Waals surface area contributed by atoms with Crippen molar-refractivity contribution >= 4 is 44.3 Å². The number of carbonyl (C=O) groups excluding carboxylic acids is 1. The Kier molecular flexibility index (Phi) is 4.41. The minimum atomic E-state index is 0.261. The van der Waals surface area contributed by atoms with Crippen LogP contribution in [0.25, 0.3) is 0 Å². The molecule has 1 aliphatic rings. The van der Waals surface area contributed by atoms with E-state index in [1.165, 1.54) is 19.3 Å². The minimum Gasteiger partial charge on any atom is -0.294 e. The second-order valence-corrected chi connectivity index (χ2v) is 6.40. The van der Waals surface area contributed by atoms with Crippen molar-refractivity contribution in [2.75, 3.05) is 0 Å². The Bertz CT molecular complexity index is 397. The van der Waals surface area contributed by atoms with E-state index >= 15 is 0 Å². The van der Waals surface area contributed by atoms with Crippen molar-refractivity contribution in [3.63, 3.8) is 0 Å². The molecule has 0 aliphatic heterocycles. The van der Waals surface area contributed by atoms with Gasteiger partial charge in [-0.05, 0) is 53.6 Å². The second-order valence-electron chi connectivity index (χ2n) is 4.32. The SMILES string of the molecule is O=C(c1cc(Br)ccc1I)C1CCCCC1. The zero-order valence-electron chi connectivity index (χ0n) is 9.01. The van der Waals surface area contributed by atoms with Gasteiger partial charge in [-0.1, -0.05) is 35.2 Å². The van der Waals surface area contributed by atoms with Crippen LogP contribution in [-0.2, 0) is 0 Å². The van der Waals surface area contributed by atoms with Gasteiger partial charge in [-0.15, -0.1) is 0 Å². The highest BCUT2D eigenvalue weighted by atomic mass is 127. The summed E-state index contributed by atoms with van der Waals surface area (Å²) in [4.78, 5) is 12.3. The van der Waals surface area contributed by atoms with Gasteiger partial charge >= 0.3 is 0 Å². The summed E-state index contributed by atoms with van der Waals surface area (Å²) >= 11 is 5.68. The average Bonchev–Trinajstić information content (AvgIpc) is 2.32. The number of Topliss-reactive ketones (excluding diaryl/α,β-unsaturated/α-hetero) is 1. The largest absolute Gasteiger partial charge is 0.294 e. The molecule has 1 aliphatic carbocycles. The predicted octanol–water partition coefficient (Wildman–Crippen LogP) is 4.82. The van der Waals surface area contributed by atoms with Crippen molar-refractivity contribution in [3.8, 4) is 0 Å². The van der Waals surface area contributed by atoms with Crippen LogP contribution in [0.15, 0.2) is 22.7 Å². The highest BCUT2D eigenvalue weighted by Gasteiger charge is 2.23. The van der Waals surface area contributed by atoms with Crippen molar-refractivity contribution in [2.24, 2.45) is 5.92 Å². The Labute approximate surface area is 118 Å². The first-order valence-electron chi connectivity index (χ1n) is 5.68. The molecule has 1 aromatic carbocycles. The lowest BCUT2D eigenvalue weighted by Gasteiger charge is -2.20. The molecular formula is C13H14BrIO. The van der Waals surface area contributed by atoms with Gasteiger partial charge in [-0.25, -0.2) is 0 Å². The molecule has 1 aromatic rings. The van der Waals surface area contributed by atoms with Crippen LogP contribution in [0.2, 0.25) is 0 Å². The van der Waals surface area contributed by atoms with Gasteiger partial charge in [-0.3, -0.25) is 4.79 Å². The predicted molar refractivity (Wildman–Crippen MR) is 77.8 cm³/mol. The molecule has 1 fully saturated rings. The monoisotopic (exact) mass is 392 g/mol. The third-order valence-corrected chi connectivity index (χ3v) is 4.60. The van der Waals surface area contributed by atoms with Crippen LogP contribution in [-0.4, -0.2) is 5.78 Å². The van der Waals surface area contributed by atoms with Crippen LogP contribution in [0, 0.1) is 9.49 Å². The van der Waals surface area contributed by atoms with Crippen molar-refractivity contribution in [3.05, 3.63) is 31.8 Å². The summed E-state index contributed by atoms with van der Waals surface area (Å²) in [6.45, 7) is 0. The van der Waals surface area contributed by atoms with Crippen LogP contribution in [0.5, 0.6) is 0 Å². The first kappa shape index (κ1) is 12.6. The normalized spacial score (nSPS) is 17.4. The Morgan fingerprint density at radius 1 is 1.25 bits per heavy atom. The summed E-state index contributed by atoms with van der Waals surface area (Å²) in [5, 5.41) is 0. The molecule has 2 rings (SSSR count). The fraction of sp³-hybridized carbons (Fsp3) is 0.462. The van der Waals surface area contributed by atoms with Gasteiger partial charge in [0.15, 0.2) is 5.78 Å². The van der Waals surface area contributed by atoms with E-state index in [0.717, 1.165) is 26.4 Å². The average molecular weight is 393 g/mol. The summed E-state index contributed by atoms with van der Waals surface area (Å²) in [6, 6.07) is 5.94. The van der Waals surface area contributed by atoms with E-state index in [-0.39, 0.29) is 5.92 Å². The summed E-state index contributed by atoms with van der Waals surface area (Å²) in [6.07, 6.45) is 5.85. The first-order valence-corrected chi connectivity index (χ1v) is 7.55. The lowest BCUT2D eigenvalue weighted by Crippen LogP contribution is -2.18. The lowest BCUT2D eigenvalue weighted by atomic mass is 9.84. The first-order chi connectivity index (χ1) is 7.68. The summed E-state index contributed by atoms with van der Waals surface area (Å²) < 4.78 is 2.06. The highest BCUT2D eigenvalue weighted by Crippen LogP contribution is 2.29. The molecule has 1 nitrogen and oxygen atoms in total. The molecule has 0 aromatic heterocycles. The van der Waals surface area contributed by atoms with Crippen molar-refractivity contribution < 1.29 is 4.79 Å². The number of rotatable bonds is 2. The number of benzene rings is 1. The van der Waals surface area contributed by atoms with E-state index in [0.29, 0.717) is 5.78 Å². The molecule has 16 heavy (non-hydrogen) atoms. The Hall–Kier alpha value is 0.1000. The molecule has 86 valence electrons. The third-order valence-electron chi connectivity index (χ3n) is 3.17. The molecule has 1 saturated carbocycles. The number of halogens is 2. The van der Waals surface area contributed by atoms with E-state index in [9.17, 15) is 4.79 Å². The highest BCUT2D eigenvalue weighted by molar-refractivity contribution is 14.1. The molecule has 3 heteroatoms. The number of carbonyl (C=O) groups is 1. The van der Waals surface area contributed by atoms with E-state index in [1.54, 1.807) is 0 Å². The molecule has 0 spiro atoms. The zero-order chi connectivity index (χ0) is 11.5. The van der Waals surface area contributed by atoms with Crippen molar-refractivity contribution in [1.29, 1.82) is 0 Å². The number of hydrogen-bond acceptors (Lipinski definition) is 1. The lowest BCUT2D eigenvalue weighted by molar-refractivity contribution is 0.0888. The maximum Gasteiger partial charge on any atom is 0.167 e. The quantitative estimate of drug-likeness (QED) is 0.521. The molecule has 0 amide bonds. The molecule has 0 atom stereocenters. The van der Waals surface area contributed by atoms with E-state index in [2.05, 4.69) is 38.5 Å². The zero-order valence-corrected chi connectivity index (χ0v) is 12.8. The van der Waals surface area contributed by atoms with Crippen LogP contribution in [0.3, 0.4) is 0 Å². The summed E-state index contributed by atoms with van der Waals surface area (Å²) in [7, 11) is 0. The fourth-order valence-electron chi connectivity index (χ4n) is 2.27. The van der Waals surface area contributed by atoms with Crippen LogP contribution >= 0.6 is 38.5 Å². The molecule has 0 bridgehead atoms. The number of ketones is 1. The van der Waals surface area contributed by atoms with Crippen molar-refractivity contribution in [1.82, 2.24) is 0 Å². The van der Waals surface area contributed by atoms with Gasteiger partial charge in [-0.2, -0.15) is 0 Å². The van der Waals surface area contributed by atoms with Crippen LogP contribution in [0.1, 0.15) is 42.5 Å². The molecule has 0 radical (unpaired) electrons. The Balaban J connectivity index is 2.22. The fourth-order valence-corrected chi connectivity index (χ4v) is 3.23. The van der Waals surface area contributed by atoms with E-state index < -0.39 is 0 Å². The molecule has 0 heterocycles. The van der Waals surface area contributed by atoms with Crippen LogP contribution < -0.4 is 0 Å². The van der Waals surface area contributed by atoms with Crippen molar-refractivity contribution in [2.45, 2.75) is 32.1 Å². The van der Waals surface area contributed by atoms with Crippen LogP contribution in [0.4, 0.5) is 0 Å². The Morgan fingerprint density at radius 3 is 2.62 bits per heavy atom. The van der Waals surface area contributed by atoms with Gasteiger partial charge in [0.2, 0.25) is 0 Å². The topological polar surface area (TPSA) is 17.1 Å². The molecule has 0 N–H and O–H groups in total. The maximum atomic E-state index is 12.3. The molecule has 0 unspecified atom stereocenters. The standard InChI is InChI=1S/C13H14BrIO/c14-10-6-7-12(15)11(8-10)13(16)9-4-2-1-3-5-9/h6-9H,1-5H2. The summed E-state index contributed by atoms with van der Waals surface area (Å²) in [5.74, 6) is 0.599. The van der Waals surface area contributed by atoms with Gasteiger partial charge < -0.3 is 0 Å². The van der Waals surface area contributed by atoms with Gasteiger partial charge in [0.1, 0.15) is 0 Å². The van der Waals surface area contributed by atoms with E-state index in [1.807, 2.05) is 18.2 Å². The summed E-state index contributed by atoms with van der Waals surface area (Å²) in [5.41, 5.74) is 0.891. The molecule has 0 saturated heterocycles. The third kappa shape index (κ3) is 2.86. The minimum absolute atomic E-state index is 0.261. The number of hydrogen-bond donors (Lipinski definition) is 0. The second kappa shape index (κ2) is 5.63. The molecular weight excluding hydrogens is 379 g/mol. The van der Waals surface area contributed by atoms with E-state index in [4.69, 9.17) is 0 Å². The van der Waals surface area contributed by atoms with Gasteiger partial charge in [0.25, 0.3) is 0 Å². The Morgan fingerprint density at radius 2 is 1.94 bits per heavy atom.